The lowest BCUT2D eigenvalue weighted by Gasteiger charge is -2.10. The molecule has 0 heterocycles. The van der Waals surface area contributed by atoms with Gasteiger partial charge >= 0.3 is 6.18 Å². The van der Waals surface area contributed by atoms with Gasteiger partial charge in [0, 0.05) is 0 Å². The maximum absolute atomic E-state index is 12.1. The van der Waals surface area contributed by atoms with Gasteiger partial charge in [0.1, 0.15) is 5.75 Å². The van der Waals surface area contributed by atoms with Crippen molar-refractivity contribution in [1.82, 2.24) is 0 Å². The SMILES string of the molecule is C=Cc1cccc(-c2cccc(OCC(F)(F)F)c2)c1. The molecule has 0 aromatic heterocycles. The first-order chi connectivity index (χ1) is 9.48. The molecule has 0 aliphatic carbocycles. The first kappa shape index (κ1) is 14.2. The second-order valence-electron chi connectivity index (χ2n) is 4.26. The molecule has 0 spiro atoms. The van der Waals surface area contributed by atoms with Gasteiger partial charge in [0.25, 0.3) is 0 Å². The first-order valence-corrected chi connectivity index (χ1v) is 6.00. The van der Waals surface area contributed by atoms with E-state index >= 15 is 0 Å². The number of rotatable bonds is 4. The molecule has 2 aromatic carbocycles. The Hall–Kier alpha value is -2.23. The maximum atomic E-state index is 12.1. The van der Waals surface area contributed by atoms with Crippen LogP contribution in [0.2, 0.25) is 0 Å². The normalized spacial score (nSPS) is 11.2. The Labute approximate surface area is 115 Å². The van der Waals surface area contributed by atoms with Gasteiger partial charge in [-0.15, -0.1) is 0 Å². The van der Waals surface area contributed by atoms with E-state index in [2.05, 4.69) is 6.58 Å². The zero-order chi connectivity index (χ0) is 14.6. The predicted molar refractivity (Wildman–Crippen MR) is 73.5 cm³/mol. The minimum atomic E-state index is -4.33. The van der Waals surface area contributed by atoms with Gasteiger partial charge in [-0.2, -0.15) is 13.2 Å². The lowest BCUT2D eigenvalue weighted by Crippen LogP contribution is -2.19. The van der Waals surface area contributed by atoms with Crippen molar-refractivity contribution in [2.75, 3.05) is 6.61 Å². The summed E-state index contributed by atoms with van der Waals surface area (Å²) in [4.78, 5) is 0. The topological polar surface area (TPSA) is 9.23 Å². The molecule has 0 saturated heterocycles. The largest absolute Gasteiger partial charge is 0.484 e. The van der Waals surface area contributed by atoms with E-state index in [1.165, 1.54) is 6.07 Å². The summed E-state index contributed by atoms with van der Waals surface area (Å²) < 4.78 is 41.1. The van der Waals surface area contributed by atoms with Crippen molar-refractivity contribution in [2.24, 2.45) is 0 Å². The van der Waals surface area contributed by atoms with Crippen molar-refractivity contribution < 1.29 is 17.9 Å². The molecule has 0 fully saturated rings. The zero-order valence-corrected chi connectivity index (χ0v) is 10.7. The standard InChI is InChI=1S/C16H13F3O/c1-2-12-5-3-6-13(9-12)14-7-4-8-15(10-14)20-11-16(17,18)19/h2-10H,1,11H2. The molecular formula is C16H13F3O. The third-order valence-corrected chi connectivity index (χ3v) is 2.69. The fourth-order valence-electron chi connectivity index (χ4n) is 1.78. The molecule has 0 atom stereocenters. The molecule has 20 heavy (non-hydrogen) atoms. The van der Waals surface area contributed by atoms with Crippen LogP contribution >= 0.6 is 0 Å². The van der Waals surface area contributed by atoms with Crippen molar-refractivity contribution >= 4 is 6.08 Å². The average molecular weight is 278 g/mol. The number of benzene rings is 2. The van der Waals surface area contributed by atoms with Gasteiger partial charge in [0.2, 0.25) is 0 Å². The molecule has 104 valence electrons. The van der Waals surface area contributed by atoms with Gasteiger partial charge in [-0.1, -0.05) is 43.0 Å². The summed E-state index contributed by atoms with van der Waals surface area (Å²) in [6, 6.07) is 14.2. The van der Waals surface area contributed by atoms with E-state index in [0.29, 0.717) is 0 Å². The highest BCUT2D eigenvalue weighted by atomic mass is 19.4. The highest BCUT2D eigenvalue weighted by Gasteiger charge is 2.28. The minimum Gasteiger partial charge on any atom is -0.484 e. The molecule has 0 N–H and O–H groups in total. The Morgan fingerprint density at radius 1 is 1.00 bits per heavy atom. The van der Waals surface area contributed by atoms with Gasteiger partial charge in [0.15, 0.2) is 6.61 Å². The summed E-state index contributed by atoms with van der Waals surface area (Å²) in [5.41, 5.74) is 2.65. The van der Waals surface area contributed by atoms with Gasteiger partial charge < -0.3 is 4.74 Å². The van der Waals surface area contributed by atoms with E-state index in [-0.39, 0.29) is 5.75 Å². The molecule has 0 unspecified atom stereocenters. The molecule has 0 radical (unpaired) electrons. The Morgan fingerprint density at radius 3 is 2.30 bits per heavy atom. The molecule has 0 amide bonds. The van der Waals surface area contributed by atoms with Crippen molar-refractivity contribution in [3.05, 3.63) is 60.7 Å². The van der Waals surface area contributed by atoms with Gasteiger partial charge in [0.05, 0.1) is 0 Å². The number of ether oxygens (including phenoxy) is 1. The van der Waals surface area contributed by atoms with Crippen LogP contribution in [-0.4, -0.2) is 12.8 Å². The van der Waals surface area contributed by atoms with Crippen LogP contribution in [0.1, 0.15) is 5.56 Å². The summed E-state index contributed by atoms with van der Waals surface area (Å²) >= 11 is 0. The Kier molecular flexibility index (Phi) is 4.13. The Bertz CT molecular complexity index is 603. The van der Waals surface area contributed by atoms with Crippen LogP contribution in [-0.2, 0) is 0 Å². The van der Waals surface area contributed by atoms with E-state index in [0.717, 1.165) is 16.7 Å². The third-order valence-electron chi connectivity index (χ3n) is 2.69. The molecule has 0 aliphatic heterocycles. The van der Waals surface area contributed by atoms with Gasteiger partial charge in [-0.05, 0) is 34.9 Å². The Balaban J connectivity index is 2.22. The maximum Gasteiger partial charge on any atom is 0.422 e. The fourth-order valence-corrected chi connectivity index (χ4v) is 1.78. The third kappa shape index (κ3) is 3.88. The zero-order valence-electron chi connectivity index (χ0n) is 10.7. The molecule has 2 aromatic rings. The Morgan fingerprint density at radius 2 is 1.65 bits per heavy atom. The summed E-state index contributed by atoms with van der Waals surface area (Å²) in [7, 11) is 0. The molecule has 1 nitrogen and oxygen atoms in total. The monoisotopic (exact) mass is 278 g/mol. The number of hydrogen-bond acceptors (Lipinski definition) is 1. The smallest absolute Gasteiger partial charge is 0.422 e. The highest BCUT2D eigenvalue weighted by Crippen LogP contribution is 2.26. The van der Waals surface area contributed by atoms with Crippen LogP contribution in [0.4, 0.5) is 13.2 Å². The number of alkyl halides is 3. The van der Waals surface area contributed by atoms with Crippen LogP contribution in [0, 0.1) is 0 Å². The van der Waals surface area contributed by atoms with Crippen LogP contribution in [0.15, 0.2) is 55.1 Å². The summed E-state index contributed by atoms with van der Waals surface area (Å²) in [5.74, 6) is 0.198. The van der Waals surface area contributed by atoms with Crippen molar-refractivity contribution in [3.63, 3.8) is 0 Å². The molecule has 0 aliphatic rings. The van der Waals surface area contributed by atoms with E-state index < -0.39 is 12.8 Å². The van der Waals surface area contributed by atoms with Crippen LogP contribution in [0.5, 0.6) is 5.75 Å². The highest BCUT2D eigenvalue weighted by molar-refractivity contribution is 5.68. The van der Waals surface area contributed by atoms with Crippen molar-refractivity contribution in [3.8, 4) is 16.9 Å². The molecule has 0 saturated carbocycles. The molecule has 2 rings (SSSR count). The molecule has 4 heteroatoms. The summed E-state index contributed by atoms with van der Waals surface area (Å²) in [5, 5.41) is 0. The predicted octanol–water partition coefficient (Wildman–Crippen LogP) is 4.94. The minimum absolute atomic E-state index is 0.198. The van der Waals surface area contributed by atoms with E-state index in [1.54, 1.807) is 18.2 Å². The van der Waals surface area contributed by atoms with Crippen LogP contribution < -0.4 is 4.74 Å². The second kappa shape index (κ2) is 5.82. The lowest BCUT2D eigenvalue weighted by atomic mass is 10.0. The molecular weight excluding hydrogens is 265 g/mol. The van der Waals surface area contributed by atoms with Crippen molar-refractivity contribution in [1.29, 1.82) is 0 Å². The average Bonchev–Trinajstić information content (AvgIpc) is 2.45. The van der Waals surface area contributed by atoms with E-state index in [9.17, 15) is 13.2 Å². The lowest BCUT2D eigenvalue weighted by molar-refractivity contribution is -0.153. The summed E-state index contributed by atoms with van der Waals surface area (Å²) in [6.45, 7) is 2.40. The molecule has 0 bridgehead atoms. The fraction of sp³-hybridized carbons (Fsp3) is 0.125. The second-order valence-corrected chi connectivity index (χ2v) is 4.26. The van der Waals surface area contributed by atoms with E-state index in [1.807, 2.05) is 30.3 Å². The van der Waals surface area contributed by atoms with Crippen molar-refractivity contribution in [2.45, 2.75) is 6.18 Å². The number of hydrogen-bond donors (Lipinski definition) is 0. The number of halogens is 3. The quantitative estimate of drug-likeness (QED) is 0.770. The van der Waals surface area contributed by atoms with Crippen LogP contribution in [0.25, 0.3) is 17.2 Å². The van der Waals surface area contributed by atoms with Crippen LogP contribution in [0.3, 0.4) is 0 Å². The van der Waals surface area contributed by atoms with E-state index in [4.69, 9.17) is 4.74 Å². The summed E-state index contributed by atoms with van der Waals surface area (Å²) in [6.07, 6.45) is -2.62. The first-order valence-electron chi connectivity index (χ1n) is 6.00. The van der Waals surface area contributed by atoms with Gasteiger partial charge in [-0.3, -0.25) is 0 Å². The van der Waals surface area contributed by atoms with Gasteiger partial charge in [-0.25, -0.2) is 0 Å².